The summed E-state index contributed by atoms with van der Waals surface area (Å²) < 4.78 is 11.6. The average Bonchev–Trinajstić information content (AvgIpc) is 3.20. The molecule has 0 fully saturated rings. The molecule has 1 aromatic heterocycles. The van der Waals surface area contributed by atoms with Gasteiger partial charge in [0.15, 0.2) is 11.5 Å². The van der Waals surface area contributed by atoms with Gasteiger partial charge >= 0.3 is 5.69 Å². The molecular weight excluding hydrogens is 374 g/mol. The standard InChI is InChI=1S/C21H19N3O5/c1-2-23(15-6-4-3-5-7-15)19(25)16-11-22-21(27)24(20(16)26)12-14-8-9-17-18(10-14)29-13-28-17/h3-11H,2,12-13H2,1H3,(H,22,27). The summed E-state index contributed by atoms with van der Waals surface area (Å²) in [6, 6.07) is 14.2. The molecule has 4 rings (SSSR count). The molecule has 2 heterocycles. The number of carbonyl (C=O) groups excluding carboxylic acids is 1. The van der Waals surface area contributed by atoms with Crippen molar-refractivity contribution in [2.75, 3.05) is 18.2 Å². The Morgan fingerprint density at radius 2 is 1.86 bits per heavy atom. The van der Waals surface area contributed by atoms with Crippen LogP contribution in [0.15, 0.2) is 64.3 Å². The monoisotopic (exact) mass is 393 g/mol. The molecule has 1 amide bonds. The second-order valence-electron chi connectivity index (χ2n) is 6.47. The number of H-pyrrole nitrogens is 1. The molecule has 1 aliphatic heterocycles. The van der Waals surface area contributed by atoms with E-state index in [1.807, 2.05) is 25.1 Å². The number of fused-ring (bicyclic) bond motifs is 1. The lowest BCUT2D eigenvalue weighted by Crippen LogP contribution is -2.42. The van der Waals surface area contributed by atoms with Crippen LogP contribution >= 0.6 is 0 Å². The van der Waals surface area contributed by atoms with E-state index >= 15 is 0 Å². The topological polar surface area (TPSA) is 93.6 Å². The Balaban J connectivity index is 1.69. The number of ether oxygens (including phenoxy) is 2. The van der Waals surface area contributed by atoms with Crippen molar-refractivity contribution in [3.05, 3.63) is 86.7 Å². The van der Waals surface area contributed by atoms with Crippen molar-refractivity contribution in [1.29, 1.82) is 0 Å². The number of nitrogens with zero attached hydrogens (tertiary/aromatic N) is 2. The number of hydrogen-bond donors (Lipinski definition) is 1. The van der Waals surface area contributed by atoms with Gasteiger partial charge in [0.2, 0.25) is 6.79 Å². The minimum atomic E-state index is -0.647. The van der Waals surface area contributed by atoms with Crippen LogP contribution in [0, 0.1) is 0 Å². The molecule has 8 nitrogen and oxygen atoms in total. The van der Waals surface area contributed by atoms with E-state index in [1.165, 1.54) is 11.1 Å². The van der Waals surface area contributed by atoms with Crippen LogP contribution in [0.2, 0.25) is 0 Å². The minimum absolute atomic E-state index is 0.00336. The van der Waals surface area contributed by atoms with Crippen LogP contribution in [0.25, 0.3) is 0 Å². The number of aromatic amines is 1. The molecule has 0 bridgehead atoms. The van der Waals surface area contributed by atoms with Gasteiger partial charge in [0.25, 0.3) is 11.5 Å². The van der Waals surface area contributed by atoms with Gasteiger partial charge in [-0.1, -0.05) is 24.3 Å². The number of para-hydroxylation sites is 1. The number of amides is 1. The molecule has 2 aromatic carbocycles. The number of aromatic nitrogens is 2. The molecule has 0 spiro atoms. The van der Waals surface area contributed by atoms with Gasteiger partial charge in [0.1, 0.15) is 5.56 Å². The summed E-state index contributed by atoms with van der Waals surface area (Å²) in [6.07, 6.45) is 1.18. The van der Waals surface area contributed by atoms with Crippen LogP contribution in [0.3, 0.4) is 0 Å². The maximum Gasteiger partial charge on any atom is 0.328 e. The Morgan fingerprint density at radius 1 is 1.10 bits per heavy atom. The van der Waals surface area contributed by atoms with Crippen LogP contribution in [0.4, 0.5) is 5.69 Å². The van der Waals surface area contributed by atoms with Gasteiger partial charge < -0.3 is 19.4 Å². The number of hydrogen-bond acceptors (Lipinski definition) is 5. The first kappa shape index (κ1) is 18.5. The van der Waals surface area contributed by atoms with Gasteiger partial charge in [-0.05, 0) is 36.8 Å². The second-order valence-corrected chi connectivity index (χ2v) is 6.47. The summed E-state index contributed by atoms with van der Waals surface area (Å²) in [5, 5.41) is 0. The van der Waals surface area contributed by atoms with Crippen molar-refractivity contribution in [3.63, 3.8) is 0 Å². The quantitative estimate of drug-likeness (QED) is 0.715. The van der Waals surface area contributed by atoms with E-state index in [9.17, 15) is 14.4 Å². The zero-order valence-corrected chi connectivity index (χ0v) is 15.8. The summed E-state index contributed by atoms with van der Waals surface area (Å²) in [4.78, 5) is 42.3. The fourth-order valence-electron chi connectivity index (χ4n) is 3.23. The van der Waals surface area contributed by atoms with Gasteiger partial charge in [-0.25, -0.2) is 4.79 Å². The van der Waals surface area contributed by atoms with E-state index in [0.717, 1.165) is 4.57 Å². The Bertz CT molecular complexity index is 1170. The van der Waals surface area contributed by atoms with E-state index in [0.29, 0.717) is 29.3 Å². The Labute approximate surface area is 165 Å². The molecule has 1 N–H and O–H groups in total. The molecule has 8 heteroatoms. The lowest BCUT2D eigenvalue weighted by Gasteiger charge is -2.21. The van der Waals surface area contributed by atoms with Gasteiger partial charge in [-0.15, -0.1) is 0 Å². The van der Waals surface area contributed by atoms with Crippen molar-refractivity contribution < 1.29 is 14.3 Å². The highest BCUT2D eigenvalue weighted by Gasteiger charge is 2.22. The zero-order chi connectivity index (χ0) is 20.4. The van der Waals surface area contributed by atoms with Crippen LogP contribution < -0.4 is 25.6 Å². The van der Waals surface area contributed by atoms with Crippen molar-refractivity contribution in [3.8, 4) is 11.5 Å². The fraction of sp³-hybridized carbons (Fsp3) is 0.190. The molecule has 148 valence electrons. The molecule has 0 saturated carbocycles. The molecule has 1 aliphatic rings. The highest BCUT2D eigenvalue weighted by molar-refractivity contribution is 6.05. The zero-order valence-electron chi connectivity index (χ0n) is 15.8. The third kappa shape index (κ3) is 3.52. The van der Waals surface area contributed by atoms with Crippen LogP contribution in [0.5, 0.6) is 11.5 Å². The first-order valence-electron chi connectivity index (χ1n) is 9.16. The number of rotatable bonds is 5. The second kappa shape index (κ2) is 7.67. The summed E-state index contributed by atoms with van der Waals surface area (Å²) in [7, 11) is 0. The minimum Gasteiger partial charge on any atom is -0.454 e. The Morgan fingerprint density at radius 3 is 2.62 bits per heavy atom. The van der Waals surface area contributed by atoms with Gasteiger partial charge in [-0.3, -0.25) is 14.2 Å². The summed E-state index contributed by atoms with van der Waals surface area (Å²) in [5.74, 6) is 0.695. The van der Waals surface area contributed by atoms with E-state index in [1.54, 1.807) is 30.3 Å². The SMILES string of the molecule is CCN(C(=O)c1c[nH]c(=O)n(Cc2ccc3c(c2)OCO3)c1=O)c1ccccc1. The Kier molecular flexibility index (Phi) is 4.90. The van der Waals surface area contributed by atoms with Crippen molar-refractivity contribution in [2.45, 2.75) is 13.5 Å². The predicted octanol–water partition coefficient (Wildman–Crippen LogP) is 1.98. The third-order valence-electron chi connectivity index (χ3n) is 4.70. The molecular formula is C21H19N3O5. The third-order valence-corrected chi connectivity index (χ3v) is 4.70. The predicted molar refractivity (Wildman–Crippen MR) is 107 cm³/mol. The first-order chi connectivity index (χ1) is 14.1. The van der Waals surface area contributed by atoms with E-state index in [4.69, 9.17) is 9.47 Å². The molecule has 0 aliphatic carbocycles. The number of benzene rings is 2. The fourth-order valence-corrected chi connectivity index (χ4v) is 3.23. The maximum atomic E-state index is 13.0. The van der Waals surface area contributed by atoms with E-state index < -0.39 is 17.2 Å². The highest BCUT2D eigenvalue weighted by atomic mass is 16.7. The van der Waals surface area contributed by atoms with E-state index in [2.05, 4.69) is 4.98 Å². The molecule has 0 unspecified atom stereocenters. The molecule has 29 heavy (non-hydrogen) atoms. The lowest BCUT2D eigenvalue weighted by atomic mass is 10.2. The average molecular weight is 393 g/mol. The van der Waals surface area contributed by atoms with Crippen LogP contribution in [-0.2, 0) is 6.54 Å². The normalized spacial score (nSPS) is 12.0. The highest BCUT2D eigenvalue weighted by Crippen LogP contribution is 2.32. The van der Waals surface area contributed by atoms with Gasteiger partial charge in [0, 0.05) is 18.4 Å². The molecule has 3 aromatic rings. The largest absolute Gasteiger partial charge is 0.454 e. The maximum absolute atomic E-state index is 13.0. The molecule has 0 atom stereocenters. The van der Waals surface area contributed by atoms with Crippen LogP contribution in [0.1, 0.15) is 22.8 Å². The van der Waals surface area contributed by atoms with Crippen molar-refractivity contribution >= 4 is 11.6 Å². The first-order valence-corrected chi connectivity index (χ1v) is 9.16. The van der Waals surface area contributed by atoms with E-state index in [-0.39, 0.29) is 18.9 Å². The molecule has 0 radical (unpaired) electrons. The summed E-state index contributed by atoms with van der Waals surface area (Å²) >= 11 is 0. The smallest absolute Gasteiger partial charge is 0.328 e. The number of anilines is 1. The molecule has 0 saturated heterocycles. The van der Waals surface area contributed by atoms with Crippen LogP contribution in [-0.4, -0.2) is 28.8 Å². The van der Waals surface area contributed by atoms with Gasteiger partial charge in [-0.2, -0.15) is 0 Å². The Hall–Kier alpha value is -3.81. The van der Waals surface area contributed by atoms with Crippen molar-refractivity contribution in [2.24, 2.45) is 0 Å². The summed E-state index contributed by atoms with van der Waals surface area (Å²) in [5.41, 5.74) is 0.0172. The number of carbonyl (C=O) groups is 1. The number of nitrogens with one attached hydrogen (secondary N) is 1. The van der Waals surface area contributed by atoms with Gasteiger partial charge in [0.05, 0.1) is 6.54 Å². The lowest BCUT2D eigenvalue weighted by molar-refractivity contribution is 0.0985. The van der Waals surface area contributed by atoms with Crippen molar-refractivity contribution in [1.82, 2.24) is 9.55 Å². The summed E-state index contributed by atoms with van der Waals surface area (Å²) in [6.45, 7) is 2.34.